The molecule has 2 aromatic rings. The topological polar surface area (TPSA) is 30.7 Å². The van der Waals surface area contributed by atoms with Gasteiger partial charge in [-0.25, -0.2) is 4.98 Å². The minimum Gasteiger partial charge on any atom is -0.323 e. The Hall–Kier alpha value is -1.09. The maximum atomic E-state index is 6.24. The summed E-state index contributed by atoms with van der Waals surface area (Å²) in [5, 5.41) is -0.0706. The van der Waals surface area contributed by atoms with E-state index in [1.165, 1.54) is 6.42 Å². The predicted molar refractivity (Wildman–Crippen MR) is 69.2 cm³/mol. The number of imidazole rings is 1. The number of hydrogen-bond donors (Lipinski definition) is 0. The van der Waals surface area contributed by atoms with Gasteiger partial charge in [0.1, 0.15) is 11.3 Å². The van der Waals surface area contributed by atoms with E-state index in [1.807, 2.05) is 25.4 Å². The minimum absolute atomic E-state index is 0.0706. The molecule has 0 N–H and O–H groups in total. The molecular formula is C13H16ClN3. The number of pyridine rings is 1. The van der Waals surface area contributed by atoms with Crippen molar-refractivity contribution in [1.82, 2.24) is 14.5 Å². The summed E-state index contributed by atoms with van der Waals surface area (Å²) in [6.07, 6.45) is 4.82. The highest BCUT2D eigenvalue weighted by Gasteiger charge is 2.48. The zero-order valence-electron chi connectivity index (χ0n) is 10.3. The van der Waals surface area contributed by atoms with Gasteiger partial charge in [-0.3, -0.25) is 4.98 Å². The summed E-state index contributed by atoms with van der Waals surface area (Å²) in [5.41, 5.74) is 2.45. The summed E-state index contributed by atoms with van der Waals surface area (Å²) in [4.78, 5) is 8.73. The lowest BCUT2D eigenvalue weighted by atomic mass is 10.2. The summed E-state index contributed by atoms with van der Waals surface area (Å²) >= 11 is 6.24. The Bertz CT molecular complexity index is 571. The van der Waals surface area contributed by atoms with Crippen LogP contribution in [-0.2, 0) is 0 Å². The molecule has 0 bridgehead atoms. The summed E-state index contributed by atoms with van der Waals surface area (Å²) in [7, 11) is 0. The SMILES string of the molecule is CC(Cl)c1nc2cnccc2n1C1CC1(C)C. The lowest BCUT2D eigenvalue weighted by Crippen LogP contribution is -2.06. The molecule has 0 aromatic carbocycles. The van der Waals surface area contributed by atoms with Crippen molar-refractivity contribution >= 4 is 22.6 Å². The van der Waals surface area contributed by atoms with Crippen LogP contribution in [0.3, 0.4) is 0 Å². The van der Waals surface area contributed by atoms with Crippen molar-refractivity contribution in [3.63, 3.8) is 0 Å². The maximum absolute atomic E-state index is 6.24. The first-order valence-electron chi connectivity index (χ1n) is 5.96. The van der Waals surface area contributed by atoms with Crippen molar-refractivity contribution < 1.29 is 0 Å². The fourth-order valence-corrected chi connectivity index (χ4v) is 2.61. The van der Waals surface area contributed by atoms with Gasteiger partial charge in [-0.15, -0.1) is 11.6 Å². The number of aromatic nitrogens is 3. The highest BCUT2D eigenvalue weighted by atomic mass is 35.5. The van der Waals surface area contributed by atoms with Gasteiger partial charge in [0.05, 0.1) is 17.1 Å². The largest absolute Gasteiger partial charge is 0.323 e. The molecule has 1 aliphatic rings. The number of halogens is 1. The smallest absolute Gasteiger partial charge is 0.128 e. The lowest BCUT2D eigenvalue weighted by molar-refractivity contribution is 0.535. The second-order valence-electron chi connectivity index (χ2n) is 5.53. The molecule has 4 heteroatoms. The van der Waals surface area contributed by atoms with Crippen LogP contribution in [0, 0.1) is 5.41 Å². The molecule has 1 aliphatic carbocycles. The standard InChI is InChI=1S/C13H16ClN3/c1-8(14)12-16-9-7-15-5-4-10(9)17(12)11-6-13(11,2)3/h4-5,7-8,11H,6H2,1-3H3. The number of hydrogen-bond acceptors (Lipinski definition) is 2. The van der Waals surface area contributed by atoms with Gasteiger partial charge in [0.15, 0.2) is 0 Å². The normalized spacial score (nSPS) is 23.9. The van der Waals surface area contributed by atoms with Crippen molar-refractivity contribution in [3.8, 4) is 0 Å². The molecule has 3 nitrogen and oxygen atoms in total. The number of fused-ring (bicyclic) bond motifs is 1. The van der Waals surface area contributed by atoms with Gasteiger partial charge in [-0.05, 0) is 24.8 Å². The second-order valence-corrected chi connectivity index (χ2v) is 6.18. The molecule has 2 atom stereocenters. The fourth-order valence-electron chi connectivity index (χ4n) is 2.46. The van der Waals surface area contributed by atoms with Gasteiger partial charge in [-0.1, -0.05) is 13.8 Å². The maximum Gasteiger partial charge on any atom is 0.128 e. The van der Waals surface area contributed by atoms with Crippen molar-refractivity contribution in [1.29, 1.82) is 0 Å². The number of nitrogens with zero attached hydrogens (tertiary/aromatic N) is 3. The summed E-state index contributed by atoms with van der Waals surface area (Å²) in [5.74, 6) is 0.963. The number of rotatable bonds is 2. The highest BCUT2D eigenvalue weighted by Crippen LogP contribution is 2.57. The third-order valence-electron chi connectivity index (χ3n) is 3.65. The summed E-state index contributed by atoms with van der Waals surface area (Å²) < 4.78 is 2.30. The summed E-state index contributed by atoms with van der Waals surface area (Å²) in [6, 6.07) is 2.55. The average molecular weight is 250 g/mol. The second kappa shape index (κ2) is 3.45. The zero-order chi connectivity index (χ0) is 12.2. The van der Waals surface area contributed by atoms with Crippen molar-refractivity contribution in [2.45, 2.75) is 38.6 Å². The Morgan fingerprint density at radius 2 is 2.24 bits per heavy atom. The van der Waals surface area contributed by atoms with Crippen molar-refractivity contribution in [3.05, 3.63) is 24.3 Å². The molecule has 2 unspecified atom stereocenters. The first-order valence-corrected chi connectivity index (χ1v) is 6.40. The van der Waals surface area contributed by atoms with E-state index in [4.69, 9.17) is 11.6 Å². The van der Waals surface area contributed by atoms with Crippen molar-refractivity contribution in [2.24, 2.45) is 5.41 Å². The van der Waals surface area contributed by atoms with E-state index < -0.39 is 0 Å². The molecule has 0 amide bonds. The first kappa shape index (κ1) is 11.0. The fraction of sp³-hybridized carbons (Fsp3) is 0.538. The monoisotopic (exact) mass is 249 g/mol. The van der Waals surface area contributed by atoms with Gasteiger partial charge < -0.3 is 4.57 Å². The van der Waals surface area contributed by atoms with Crippen LogP contribution in [-0.4, -0.2) is 14.5 Å². The zero-order valence-corrected chi connectivity index (χ0v) is 11.1. The van der Waals surface area contributed by atoms with E-state index in [-0.39, 0.29) is 5.38 Å². The molecule has 90 valence electrons. The molecule has 0 radical (unpaired) electrons. The van der Waals surface area contributed by atoms with Crippen LogP contribution >= 0.6 is 11.6 Å². The molecule has 2 aromatic heterocycles. The molecule has 17 heavy (non-hydrogen) atoms. The Labute approximate surface area is 106 Å². The average Bonchev–Trinajstić information content (AvgIpc) is 2.75. The van der Waals surface area contributed by atoms with Gasteiger partial charge in [0, 0.05) is 12.2 Å². The van der Waals surface area contributed by atoms with E-state index in [1.54, 1.807) is 0 Å². The Kier molecular flexibility index (Phi) is 2.24. The molecule has 0 aliphatic heterocycles. The quantitative estimate of drug-likeness (QED) is 0.760. The Morgan fingerprint density at radius 3 is 2.82 bits per heavy atom. The van der Waals surface area contributed by atoms with Crippen LogP contribution < -0.4 is 0 Å². The van der Waals surface area contributed by atoms with Gasteiger partial charge in [0.25, 0.3) is 0 Å². The van der Waals surface area contributed by atoms with Gasteiger partial charge in [-0.2, -0.15) is 0 Å². The van der Waals surface area contributed by atoms with E-state index >= 15 is 0 Å². The molecule has 0 saturated heterocycles. The van der Waals surface area contributed by atoms with E-state index in [0.29, 0.717) is 11.5 Å². The van der Waals surface area contributed by atoms with E-state index in [9.17, 15) is 0 Å². The van der Waals surface area contributed by atoms with E-state index in [2.05, 4.69) is 28.4 Å². The third-order valence-corrected chi connectivity index (χ3v) is 3.84. The Morgan fingerprint density at radius 1 is 1.53 bits per heavy atom. The highest BCUT2D eigenvalue weighted by molar-refractivity contribution is 6.20. The van der Waals surface area contributed by atoms with Gasteiger partial charge >= 0.3 is 0 Å². The molecule has 3 rings (SSSR count). The Balaban J connectivity index is 2.23. The third kappa shape index (κ3) is 1.64. The van der Waals surface area contributed by atoms with Crippen LogP contribution in [0.1, 0.15) is 44.4 Å². The predicted octanol–water partition coefficient (Wildman–Crippen LogP) is 3.70. The van der Waals surface area contributed by atoms with Crippen molar-refractivity contribution in [2.75, 3.05) is 0 Å². The first-order chi connectivity index (χ1) is 8.00. The van der Waals surface area contributed by atoms with Crippen LogP contribution in [0.2, 0.25) is 0 Å². The van der Waals surface area contributed by atoms with Gasteiger partial charge in [0.2, 0.25) is 0 Å². The minimum atomic E-state index is -0.0706. The molecule has 1 fully saturated rings. The van der Waals surface area contributed by atoms with E-state index in [0.717, 1.165) is 16.9 Å². The molecular weight excluding hydrogens is 234 g/mol. The van der Waals surface area contributed by atoms with Crippen LogP contribution in [0.4, 0.5) is 0 Å². The number of alkyl halides is 1. The molecule has 2 heterocycles. The molecule has 0 spiro atoms. The van der Waals surface area contributed by atoms with Crippen LogP contribution in [0.25, 0.3) is 11.0 Å². The molecule has 1 saturated carbocycles. The summed E-state index contributed by atoms with van der Waals surface area (Å²) in [6.45, 7) is 6.54. The van der Waals surface area contributed by atoms with Crippen LogP contribution in [0.15, 0.2) is 18.5 Å². The lowest BCUT2D eigenvalue weighted by Gasteiger charge is -2.12. The van der Waals surface area contributed by atoms with Crippen LogP contribution in [0.5, 0.6) is 0 Å².